The molecule has 1 atom stereocenters. The van der Waals surface area contributed by atoms with E-state index in [1.165, 1.54) is 0 Å². The zero-order chi connectivity index (χ0) is 18.9. The van der Waals surface area contributed by atoms with Gasteiger partial charge < -0.3 is 9.64 Å². The molecule has 0 unspecified atom stereocenters. The summed E-state index contributed by atoms with van der Waals surface area (Å²) in [4.78, 5) is 27.1. The van der Waals surface area contributed by atoms with Crippen LogP contribution >= 0.6 is 0 Å². The van der Waals surface area contributed by atoms with Crippen LogP contribution in [-0.2, 0) is 27.3 Å². The number of rotatable bonds is 4. The minimum atomic E-state index is -0.387. The lowest BCUT2D eigenvalue weighted by Gasteiger charge is -2.31. The number of carbonyl (C=O) groups excluding carboxylic acids is 2. The molecule has 0 saturated heterocycles. The van der Waals surface area contributed by atoms with E-state index in [4.69, 9.17) is 4.74 Å². The smallest absolute Gasteiger partial charge is 0.306 e. The minimum absolute atomic E-state index is 0.0285. The van der Waals surface area contributed by atoms with Gasteiger partial charge in [-0.2, -0.15) is 5.10 Å². The van der Waals surface area contributed by atoms with E-state index < -0.39 is 0 Å². The van der Waals surface area contributed by atoms with E-state index in [0.717, 1.165) is 22.0 Å². The monoisotopic (exact) mass is 357 g/mol. The molecule has 1 aromatic carbocycles. The molecular formula is C20H27N3O3. The second-order valence-corrected chi connectivity index (χ2v) is 8.20. The lowest BCUT2D eigenvalue weighted by Crippen LogP contribution is -2.40. The Bertz CT molecular complexity index is 819. The highest BCUT2D eigenvalue weighted by molar-refractivity contribution is 5.88. The predicted molar refractivity (Wildman–Crippen MR) is 99.4 cm³/mol. The van der Waals surface area contributed by atoms with Crippen molar-refractivity contribution >= 4 is 22.8 Å². The molecule has 3 rings (SSSR count). The molecule has 1 aromatic heterocycles. The number of hydrogen-bond donors (Lipinski definition) is 1. The maximum atomic E-state index is 13.2. The number of H-pyrrole nitrogens is 1. The molecule has 0 bridgehead atoms. The van der Waals surface area contributed by atoms with E-state index in [1.54, 1.807) is 6.92 Å². The van der Waals surface area contributed by atoms with Crippen LogP contribution < -0.4 is 0 Å². The first-order chi connectivity index (χ1) is 12.3. The second kappa shape index (κ2) is 7.09. The molecule has 1 amide bonds. The molecule has 0 spiro atoms. The lowest BCUT2D eigenvalue weighted by atomic mass is 9.92. The number of hydrogen-bond acceptors (Lipinski definition) is 4. The first kappa shape index (κ1) is 18.4. The number of aromatic amines is 1. The van der Waals surface area contributed by atoms with Crippen molar-refractivity contribution < 1.29 is 14.3 Å². The van der Waals surface area contributed by atoms with Crippen molar-refractivity contribution in [2.24, 2.45) is 11.3 Å². The Morgan fingerprint density at radius 1 is 1.38 bits per heavy atom. The molecule has 140 valence electrons. The van der Waals surface area contributed by atoms with E-state index in [0.29, 0.717) is 26.1 Å². The molecule has 6 heteroatoms. The third kappa shape index (κ3) is 3.89. The van der Waals surface area contributed by atoms with E-state index in [9.17, 15) is 9.59 Å². The second-order valence-electron chi connectivity index (χ2n) is 8.20. The van der Waals surface area contributed by atoms with Crippen molar-refractivity contribution in [2.75, 3.05) is 13.2 Å². The van der Waals surface area contributed by atoms with Crippen LogP contribution in [0.4, 0.5) is 0 Å². The van der Waals surface area contributed by atoms with Crippen LogP contribution in [0.15, 0.2) is 18.3 Å². The van der Waals surface area contributed by atoms with Crippen LogP contribution in [0.5, 0.6) is 0 Å². The number of benzene rings is 1. The van der Waals surface area contributed by atoms with Gasteiger partial charge in [-0.25, -0.2) is 0 Å². The molecule has 1 aliphatic heterocycles. The molecule has 2 heterocycles. The SMILES string of the molecule is CCOC(=O)C[C@@H]1Cc2ccc3[nH]ncc3c2CN(CC(C)(C)C)C1=O. The van der Waals surface area contributed by atoms with Crippen LogP contribution in [0.1, 0.15) is 45.2 Å². The fourth-order valence-corrected chi connectivity index (χ4v) is 3.67. The van der Waals surface area contributed by atoms with Gasteiger partial charge >= 0.3 is 5.97 Å². The average molecular weight is 357 g/mol. The molecule has 1 N–H and O–H groups in total. The third-order valence-electron chi connectivity index (χ3n) is 4.69. The number of nitrogens with one attached hydrogen (secondary N) is 1. The number of esters is 1. The van der Waals surface area contributed by atoms with E-state index >= 15 is 0 Å². The summed E-state index contributed by atoms with van der Waals surface area (Å²) >= 11 is 0. The summed E-state index contributed by atoms with van der Waals surface area (Å²) in [5, 5.41) is 8.19. The van der Waals surface area contributed by atoms with Crippen molar-refractivity contribution in [3.8, 4) is 0 Å². The summed E-state index contributed by atoms with van der Waals surface area (Å²) < 4.78 is 5.09. The number of fused-ring (bicyclic) bond motifs is 3. The molecule has 0 aliphatic carbocycles. The van der Waals surface area contributed by atoms with Gasteiger partial charge in [0, 0.05) is 18.5 Å². The van der Waals surface area contributed by atoms with Crippen molar-refractivity contribution in [1.29, 1.82) is 0 Å². The molecular weight excluding hydrogens is 330 g/mol. The van der Waals surface area contributed by atoms with Gasteiger partial charge in [0.15, 0.2) is 0 Å². The van der Waals surface area contributed by atoms with Crippen molar-refractivity contribution in [1.82, 2.24) is 15.1 Å². The highest BCUT2D eigenvalue weighted by Crippen LogP contribution is 2.31. The Morgan fingerprint density at radius 3 is 2.85 bits per heavy atom. The van der Waals surface area contributed by atoms with E-state index in [2.05, 4.69) is 31.0 Å². The Balaban J connectivity index is 1.99. The molecule has 0 fully saturated rings. The fraction of sp³-hybridized carbons (Fsp3) is 0.550. The number of amides is 1. The first-order valence-corrected chi connectivity index (χ1v) is 9.16. The Morgan fingerprint density at radius 2 is 2.15 bits per heavy atom. The maximum Gasteiger partial charge on any atom is 0.306 e. The predicted octanol–water partition coefficient (Wildman–Crippen LogP) is 3.06. The topological polar surface area (TPSA) is 75.3 Å². The molecule has 0 radical (unpaired) electrons. The number of carbonyl (C=O) groups is 2. The third-order valence-corrected chi connectivity index (χ3v) is 4.69. The van der Waals surface area contributed by atoms with E-state index in [-0.39, 0.29) is 29.6 Å². The van der Waals surface area contributed by atoms with Crippen molar-refractivity contribution in [3.05, 3.63) is 29.5 Å². The van der Waals surface area contributed by atoms with Gasteiger partial charge in [0.05, 0.1) is 30.7 Å². The standard InChI is InChI=1S/C20H27N3O3/c1-5-26-18(24)9-14-8-13-6-7-17-15(10-21-22-17)16(13)11-23(19(14)25)12-20(2,3)4/h6-7,10,14H,5,8-9,11-12H2,1-4H3,(H,21,22)/t14-/m0/s1. The molecule has 0 saturated carbocycles. The van der Waals surface area contributed by atoms with Gasteiger partial charge in [-0.1, -0.05) is 26.8 Å². The summed E-state index contributed by atoms with van der Waals surface area (Å²) in [5.41, 5.74) is 3.17. The van der Waals surface area contributed by atoms with Gasteiger partial charge in [-0.15, -0.1) is 0 Å². The van der Waals surface area contributed by atoms with E-state index in [1.807, 2.05) is 23.2 Å². The normalized spacial score (nSPS) is 17.9. The summed E-state index contributed by atoms with van der Waals surface area (Å²) in [6, 6.07) is 4.04. The zero-order valence-electron chi connectivity index (χ0n) is 16.0. The van der Waals surface area contributed by atoms with Crippen LogP contribution in [0, 0.1) is 11.3 Å². The minimum Gasteiger partial charge on any atom is -0.466 e. The van der Waals surface area contributed by atoms with Gasteiger partial charge in [-0.3, -0.25) is 14.7 Å². The summed E-state index contributed by atoms with van der Waals surface area (Å²) in [6.45, 7) is 9.64. The van der Waals surface area contributed by atoms with Crippen LogP contribution in [-0.4, -0.2) is 40.1 Å². The highest BCUT2D eigenvalue weighted by atomic mass is 16.5. The molecule has 26 heavy (non-hydrogen) atoms. The van der Waals surface area contributed by atoms with Gasteiger partial charge in [-0.05, 0) is 36.0 Å². The molecule has 1 aliphatic rings. The number of ether oxygens (including phenoxy) is 1. The van der Waals surface area contributed by atoms with Crippen molar-refractivity contribution in [2.45, 2.75) is 47.1 Å². The van der Waals surface area contributed by atoms with Gasteiger partial charge in [0.1, 0.15) is 0 Å². The zero-order valence-corrected chi connectivity index (χ0v) is 16.0. The van der Waals surface area contributed by atoms with Gasteiger partial charge in [0.2, 0.25) is 5.91 Å². The molecule has 2 aromatic rings. The number of aromatic nitrogens is 2. The largest absolute Gasteiger partial charge is 0.466 e. The maximum absolute atomic E-state index is 13.2. The summed E-state index contributed by atoms with van der Waals surface area (Å²) in [6.07, 6.45) is 2.49. The first-order valence-electron chi connectivity index (χ1n) is 9.16. The van der Waals surface area contributed by atoms with Crippen LogP contribution in [0.3, 0.4) is 0 Å². The van der Waals surface area contributed by atoms with Crippen LogP contribution in [0.25, 0.3) is 10.9 Å². The lowest BCUT2D eigenvalue weighted by molar-refractivity contribution is -0.149. The van der Waals surface area contributed by atoms with Gasteiger partial charge in [0.25, 0.3) is 0 Å². The average Bonchev–Trinajstić information content (AvgIpc) is 2.98. The summed E-state index contributed by atoms with van der Waals surface area (Å²) in [5.74, 6) is -0.669. The van der Waals surface area contributed by atoms with Crippen LogP contribution in [0.2, 0.25) is 0 Å². The van der Waals surface area contributed by atoms with Crippen molar-refractivity contribution in [3.63, 3.8) is 0 Å². The number of nitrogens with zero attached hydrogens (tertiary/aromatic N) is 2. The Hall–Kier alpha value is -2.37. The fourth-order valence-electron chi connectivity index (χ4n) is 3.67. The quantitative estimate of drug-likeness (QED) is 0.854. The highest BCUT2D eigenvalue weighted by Gasteiger charge is 2.34. The Labute approximate surface area is 153 Å². The Kier molecular flexibility index (Phi) is 5.03. The molecule has 6 nitrogen and oxygen atoms in total. The summed E-state index contributed by atoms with van der Waals surface area (Å²) in [7, 11) is 0.